The normalized spacial score (nSPS) is 25.8. The summed E-state index contributed by atoms with van der Waals surface area (Å²) < 4.78 is 12.1. The Bertz CT molecular complexity index is 67.7. The van der Waals surface area contributed by atoms with E-state index in [2.05, 4.69) is 13.8 Å². The summed E-state index contributed by atoms with van der Waals surface area (Å²) in [5.74, 6) is 0. The van der Waals surface area contributed by atoms with Crippen molar-refractivity contribution < 1.29 is 4.39 Å². The van der Waals surface area contributed by atoms with Gasteiger partial charge >= 0.3 is 0 Å². The number of likely N-dealkylation sites (tertiary alicyclic amines) is 1. The van der Waals surface area contributed by atoms with Gasteiger partial charge in [-0.2, -0.15) is 0 Å². The molecule has 0 radical (unpaired) electrons. The zero-order valence-electron chi connectivity index (χ0n) is 7.23. The van der Waals surface area contributed by atoms with Crippen molar-refractivity contribution in [2.75, 3.05) is 20.1 Å². The summed E-state index contributed by atoms with van der Waals surface area (Å²) in [6, 6.07) is 0. The number of nitrogens with zero attached hydrogens (tertiary/aromatic N) is 1. The van der Waals surface area contributed by atoms with Gasteiger partial charge in [0, 0.05) is 13.1 Å². The van der Waals surface area contributed by atoms with Crippen LogP contribution in [0.3, 0.4) is 0 Å². The third kappa shape index (κ3) is 4.74. The molecule has 2 heteroatoms. The van der Waals surface area contributed by atoms with Crippen LogP contribution in [0.15, 0.2) is 0 Å². The molecule has 1 fully saturated rings. The van der Waals surface area contributed by atoms with E-state index in [4.69, 9.17) is 0 Å². The van der Waals surface area contributed by atoms with E-state index in [0.29, 0.717) is 6.54 Å². The van der Waals surface area contributed by atoms with Crippen molar-refractivity contribution in [3.8, 4) is 0 Å². The molecule has 1 aliphatic rings. The van der Waals surface area contributed by atoms with Gasteiger partial charge in [-0.3, -0.25) is 0 Å². The van der Waals surface area contributed by atoms with Gasteiger partial charge in [-0.25, -0.2) is 4.39 Å². The molecule has 0 aromatic carbocycles. The van der Waals surface area contributed by atoms with Gasteiger partial charge in [0.2, 0.25) is 0 Å². The molecule has 0 bridgehead atoms. The highest BCUT2D eigenvalue weighted by Gasteiger charge is 2.17. The molecule has 1 aliphatic heterocycles. The Labute approximate surface area is 63.2 Å². The Balaban J connectivity index is 0.000000236. The SMILES string of the molecule is CCC.CN1CCC(F)C1. The Kier molecular flexibility index (Phi) is 5.60. The molecule has 62 valence electrons. The van der Waals surface area contributed by atoms with E-state index in [1.165, 1.54) is 6.42 Å². The summed E-state index contributed by atoms with van der Waals surface area (Å²) in [6.45, 7) is 5.82. The van der Waals surface area contributed by atoms with E-state index in [1.807, 2.05) is 11.9 Å². The second-order valence-corrected chi connectivity index (χ2v) is 2.86. The van der Waals surface area contributed by atoms with Gasteiger partial charge in [0.05, 0.1) is 0 Å². The lowest BCUT2D eigenvalue weighted by Crippen LogP contribution is -2.13. The van der Waals surface area contributed by atoms with Crippen molar-refractivity contribution in [2.45, 2.75) is 32.9 Å². The summed E-state index contributed by atoms with van der Waals surface area (Å²) in [7, 11) is 1.94. The first-order chi connectivity index (χ1) is 4.70. The highest BCUT2D eigenvalue weighted by molar-refractivity contribution is 4.70. The summed E-state index contributed by atoms with van der Waals surface area (Å²) in [4.78, 5) is 2.00. The van der Waals surface area contributed by atoms with Crippen molar-refractivity contribution in [3.63, 3.8) is 0 Å². The van der Waals surface area contributed by atoms with Crippen molar-refractivity contribution in [1.82, 2.24) is 4.90 Å². The molecule has 0 amide bonds. The van der Waals surface area contributed by atoms with Gasteiger partial charge in [-0.15, -0.1) is 0 Å². The average molecular weight is 147 g/mol. The van der Waals surface area contributed by atoms with Gasteiger partial charge < -0.3 is 4.90 Å². The maximum atomic E-state index is 12.1. The molecule has 0 N–H and O–H groups in total. The smallest absolute Gasteiger partial charge is 0.114 e. The zero-order valence-corrected chi connectivity index (χ0v) is 7.23. The van der Waals surface area contributed by atoms with Crippen LogP contribution in [0.4, 0.5) is 4.39 Å². The number of hydrogen-bond donors (Lipinski definition) is 0. The molecule has 0 spiro atoms. The van der Waals surface area contributed by atoms with Crippen LogP contribution in [-0.2, 0) is 0 Å². The largest absolute Gasteiger partial charge is 0.303 e. The lowest BCUT2D eigenvalue weighted by atomic mass is 10.4. The second kappa shape index (κ2) is 5.66. The molecule has 1 nitrogen and oxygen atoms in total. The van der Waals surface area contributed by atoms with Gasteiger partial charge in [-0.1, -0.05) is 20.3 Å². The highest BCUT2D eigenvalue weighted by Crippen LogP contribution is 2.08. The van der Waals surface area contributed by atoms with E-state index in [9.17, 15) is 4.39 Å². The Morgan fingerprint density at radius 1 is 1.50 bits per heavy atom. The van der Waals surface area contributed by atoms with Crippen LogP contribution >= 0.6 is 0 Å². The van der Waals surface area contributed by atoms with E-state index in [-0.39, 0.29) is 0 Å². The Morgan fingerprint density at radius 3 is 2.10 bits per heavy atom. The molecule has 1 atom stereocenters. The van der Waals surface area contributed by atoms with Gasteiger partial charge in [0.15, 0.2) is 0 Å². The average Bonchev–Trinajstić information content (AvgIpc) is 2.17. The van der Waals surface area contributed by atoms with E-state index < -0.39 is 6.17 Å². The molecule has 1 saturated heterocycles. The van der Waals surface area contributed by atoms with E-state index in [1.54, 1.807) is 0 Å². The van der Waals surface area contributed by atoms with Gasteiger partial charge in [-0.05, 0) is 13.5 Å². The summed E-state index contributed by atoms with van der Waals surface area (Å²) in [5.41, 5.74) is 0. The molecule has 1 rings (SSSR count). The zero-order chi connectivity index (χ0) is 7.98. The Hall–Kier alpha value is -0.110. The molecular weight excluding hydrogens is 129 g/mol. The first-order valence-electron chi connectivity index (χ1n) is 4.03. The molecule has 0 aromatic heterocycles. The van der Waals surface area contributed by atoms with Crippen LogP contribution < -0.4 is 0 Å². The van der Waals surface area contributed by atoms with Crippen LogP contribution in [0, 0.1) is 0 Å². The molecule has 0 saturated carbocycles. The van der Waals surface area contributed by atoms with Crippen LogP contribution in [0.25, 0.3) is 0 Å². The minimum Gasteiger partial charge on any atom is -0.303 e. The first-order valence-corrected chi connectivity index (χ1v) is 4.03. The quantitative estimate of drug-likeness (QED) is 0.507. The van der Waals surface area contributed by atoms with Gasteiger partial charge in [0.1, 0.15) is 6.17 Å². The highest BCUT2D eigenvalue weighted by atomic mass is 19.1. The van der Waals surface area contributed by atoms with Gasteiger partial charge in [0.25, 0.3) is 0 Å². The monoisotopic (exact) mass is 147 g/mol. The van der Waals surface area contributed by atoms with E-state index in [0.717, 1.165) is 13.0 Å². The van der Waals surface area contributed by atoms with Crippen molar-refractivity contribution in [1.29, 1.82) is 0 Å². The van der Waals surface area contributed by atoms with Crippen molar-refractivity contribution in [2.24, 2.45) is 0 Å². The summed E-state index contributed by atoms with van der Waals surface area (Å²) in [6.07, 6.45) is 1.43. The standard InChI is InChI=1S/C5H10FN.C3H8/c1-7-3-2-5(6)4-7;1-3-2/h5H,2-4H2,1H3;3H2,1-2H3. The second-order valence-electron chi connectivity index (χ2n) is 2.86. The third-order valence-electron chi connectivity index (χ3n) is 1.33. The third-order valence-corrected chi connectivity index (χ3v) is 1.33. The maximum absolute atomic E-state index is 12.1. The van der Waals surface area contributed by atoms with Crippen LogP contribution in [0.2, 0.25) is 0 Å². The molecule has 0 aliphatic carbocycles. The fourth-order valence-electron chi connectivity index (χ4n) is 0.881. The van der Waals surface area contributed by atoms with Crippen molar-refractivity contribution in [3.05, 3.63) is 0 Å². The number of halogens is 1. The fourth-order valence-corrected chi connectivity index (χ4v) is 0.881. The molecular formula is C8H18FN. The molecule has 10 heavy (non-hydrogen) atoms. The number of hydrogen-bond acceptors (Lipinski definition) is 1. The van der Waals surface area contributed by atoms with Crippen molar-refractivity contribution >= 4 is 0 Å². The topological polar surface area (TPSA) is 3.24 Å². The Morgan fingerprint density at radius 2 is 2.00 bits per heavy atom. The van der Waals surface area contributed by atoms with Crippen LogP contribution in [0.1, 0.15) is 26.7 Å². The number of alkyl halides is 1. The minimum absolute atomic E-state index is 0.551. The molecule has 0 aromatic rings. The fraction of sp³-hybridized carbons (Fsp3) is 1.00. The number of rotatable bonds is 0. The summed E-state index contributed by atoms with van der Waals surface area (Å²) >= 11 is 0. The van der Waals surface area contributed by atoms with Crippen LogP contribution in [-0.4, -0.2) is 31.2 Å². The molecule has 1 unspecified atom stereocenters. The first kappa shape index (κ1) is 9.89. The lowest BCUT2D eigenvalue weighted by molar-refractivity contribution is 0.321. The minimum atomic E-state index is -0.551. The predicted octanol–water partition coefficient (Wildman–Crippen LogP) is 2.08. The summed E-state index contributed by atoms with van der Waals surface area (Å²) in [5, 5.41) is 0. The molecule has 1 heterocycles. The maximum Gasteiger partial charge on any atom is 0.114 e. The van der Waals surface area contributed by atoms with E-state index >= 15 is 0 Å². The van der Waals surface area contributed by atoms with Crippen LogP contribution in [0.5, 0.6) is 0 Å². The predicted molar refractivity (Wildman–Crippen MR) is 43.0 cm³/mol. The lowest BCUT2D eigenvalue weighted by Gasteiger charge is -2.01.